The van der Waals surface area contributed by atoms with Crippen molar-refractivity contribution < 1.29 is 14.1 Å². The maximum Gasteiger partial charge on any atom is 0.410 e. The van der Waals surface area contributed by atoms with E-state index in [9.17, 15) is 4.79 Å². The van der Waals surface area contributed by atoms with Crippen LogP contribution in [0.3, 0.4) is 0 Å². The summed E-state index contributed by atoms with van der Waals surface area (Å²) in [6, 6.07) is 7.89. The first kappa shape index (κ1) is 14.9. The molecule has 2 heterocycles. The van der Waals surface area contributed by atoms with Crippen molar-refractivity contribution in [3.63, 3.8) is 0 Å². The van der Waals surface area contributed by atoms with Crippen molar-refractivity contribution in [2.24, 2.45) is 0 Å². The van der Waals surface area contributed by atoms with Crippen LogP contribution in [0.2, 0.25) is 0 Å². The van der Waals surface area contributed by atoms with E-state index in [1.165, 1.54) is 0 Å². The number of piperidine rings is 1. The third kappa shape index (κ3) is 3.08. The van der Waals surface area contributed by atoms with Gasteiger partial charge >= 0.3 is 6.09 Å². The molecule has 1 unspecified atom stereocenters. The maximum absolute atomic E-state index is 12.2. The number of nitrogens with zero attached hydrogens (tertiary/aromatic N) is 2. The first-order valence-electron chi connectivity index (χ1n) is 7.76. The highest BCUT2D eigenvalue weighted by Gasteiger charge is 2.31. The van der Waals surface area contributed by atoms with Crippen molar-refractivity contribution in [2.75, 3.05) is 13.1 Å². The molecule has 1 aliphatic heterocycles. The first-order chi connectivity index (χ1) is 10.4. The van der Waals surface area contributed by atoms with Gasteiger partial charge in [0.05, 0.1) is 0 Å². The summed E-state index contributed by atoms with van der Waals surface area (Å²) in [4.78, 5) is 14.0. The highest BCUT2D eigenvalue weighted by atomic mass is 16.6. The largest absolute Gasteiger partial charge is 0.444 e. The minimum absolute atomic E-state index is 0.175. The second-order valence-corrected chi connectivity index (χ2v) is 6.83. The Kier molecular flexibility index (Phi) is 3.81. The molecule has 0 spiro atoms. The Morgan fingerprint density at radius 3 is 2.91 bits per heavy atom. The van der Waals surface area contributed by atoms with E-state index in [-0.39, 0.29) is 12.0 Å². The molecule has 0 saturated carbocycles. The summed E-state index contributed by atoms with van der Waals surface area (Å²) in [6.45, 7) is 7.01. The van der Waals surface area contributed by atoms with E-state index in [1.54, 1.807) is 4.90 Å². The molecule has 118 valence electrons. The summed E-state index contributed by atoms with van der Waals surface area (Å²) in [6.07, 6.45) is 1.69. The zero-order chi connectivity index (χ0) is 15.7. The van der Waals surface area contributed by atoms with E-state index in [1.807, 2.05) is 45.0 Å². The third-order valence-electron chi connectivity index (χ3n) is 3.86. The Labute approximate surface area is 130 Å². The first-order valence-corrected chi connectivity index (χ1v) is 7.76. The lowest BCUT2D eigenvalue weighted by molar-refractivity contribution is 0.0191. The van der Waals surface area contributed by atoms with Gasteiger partial charge < -0.3 is 14.2 Å². The molecule has 1 aromatic heterocycles. The molecule has 3 rings (SSSR count). The predicted molar refractivity (Wildman–Crippen MR) is 83.8 cm³/mol. The van der Waals surface area contributed by atoms with Gasteiger partial charge in [-0.25, -0.2) is 4.79 Å². The number of benzene rings is 1. The van der Waals surface area contributed by atoms with Crippen molar-refractivity contribution >= 4 is 17.0 Å². The van der Waals surface area contributed by atoms with Gasteiger partial charge in [0.15, 0.2) is 0 Å². The molecule has 1 aromatic carbocycles. The molecule has 1 fully saturated rings. The van der Waals surface area contributed by atoms with Crippen molar-refractivity contribution in [1.29, 1.82) is 0 Å². The number of hydrogen-bond acceptors (Lipinski definition) is 4. The number of amides is 1. The molecule has 2 aromatic rings. The van der Waals surface area contributed by atoms with Crippen LogP contribution in [0.5, 0.6) is 0 Å². The monoisotopic (exact) mass is 302 g/mol. The Bertz CT molecular complexity index is 672. The summed E-state index contributed by atoms with van der Waals surface area (Å²) >= 11 is 0. The third-order valence-corrected chi connectivity index (χ3v) is 3.86. The molecular weight excluding hydrogens is 280 g/mol. The van der Waals surface area contributed by atoms with E-state index < -0.39 is 5.60 Å². The van der Waals surface area contributed by atoms with Crippen molar-refractivity contribution in [3.05, 3.63) is 30.0 Å². The lowest BCUT2D eigenvalue weighted by Crippen LogP contribution is -2.42. The fourth-order valence-corrected chi connectivity index (χ4v) is 2.89. The van der Waals surface area contributed by atoms with E-state index in [0.717, 1.165) is 36.0 Å². The number of likely N-dealkylation sites (tertiary alicyclic amines) is 1. The number of hydrogen-bond donors (Lipinski definition) is 0. The Hall–Kier alpha value is -2.04. The highest BCUT2D eigenvalue weighted by molar-refractivity contribution is 5.80. The average molecular weight is 302 g/mol. The number of carbonyl (C=O) groups excluding carboxylic acids is 1. The van der Waals surface area contributed by atoms with E-state index in [2.05, 4.69) is 5.16 Å². The summed E-state index contributed by atoms with van der Waals surface area (Å²) in [5.41, 5.74) is 0.398. The summed E-state index contributed by atoms with van der Waals surface area (Å²) < 4.78 is 11.0. The molecule has 0 bridgehead atoms. The summed E-state index contributed by atoms with van der Waals surface area (Å²) in [5.74, 6) is 1.05. The zero-order valence-electron chi connectivity index (χ0n) is 13.3. The molecule has 0 aliphatic carbocycles. The molecule has 5 heteroatoms. The molecular formula is C17H22N2O3. The van der Waals surface area contributed by atoms with Crippen LogP contribution in [0.15, 0.2) is 28.8 Å². The SMILES string of the molecule is CC(C)(C)OC(=O)N1CCCC(c2onc3ccccc23)C1. The van der Waals surface area contributed by atoms with Crippen LogP contribution in [-0.2, 0) is 4.74 Å². The lowest BCUT2D eigenvalue weighted by Gasteiger charge is -2.33. The van der Waals surface area contributed by atoms with Gasteiger partial charge in [-0.2, -0.15) is 0 Å². The van der Waals surface area contributed by atoms with Crippen LogP contribution < -0.4 is 0 Å². The quantitative estimate of drug-likeness (QED) is 0.800. The lowest BCUT2D eigenvalue weighted by atomic mass is 9.94. The molecule has 1 aliphatic rings. The molecule has 0 radical (unpaired) electrons. The Morgan fingerprint density at radius 2 is 2.14 bits per heavy atom. The van der Waals surface area contributed by atoms with Crippen LogP contribution >= 0.6 is 0 Å². The number of aromatic nitrogens is 1. The standard InChI is InChI=1S/C17H22N2O3/c1-17(2,3)21-16(20)19-10-6-7-12(11-19)15-13-8-4-5-9-14(13)18-22-15/h4-5,8-9,12H,6-7,10-11H2,1-3H3. The number of ether oxygens (including phenoxy) is 1. The number of rotatable bonds is 1. The van der Waals surface area contributed by atoms with Crippen LogP contribution in [-0.4, -0.2) is 34.8 Å². The summed E-state index contributed by atoms with van der Waals surface area (Å²) in [5, 5.41) is 5.15. The second kappa shape index (κ2) is 5.63. The summed E-state index contributed by atoms with van der Waals surface area (Å²) in [7, 11) is 0. The van der Waals surface area contributed by atoms with E-state index in [4.69, 9.17) is 9.26 Å². The molecule has 1 atom stereocenters. The fourth-order valence-electron chi connectivity index (χ4n) is 2.89. The number of fused-ring (bicyclic) bond motifs is 1. The second-order valence-electron chi connectivity index (χ2n) is 6.83. The van der Waals surface area contributed by atoms with E-state index in [0.29, 0.717) is 6.54 Å². The molecule has 0 N–H and O–H groups in total. The van der Waals surface area contributed by atoms with Gasteiger partial charge in [-0.15, -0.1) is 0 Å². The minimum atomic E-state index is -0.469. The molecule has 1 saturated heterocycles. The van der Waals surface area contributed by atoms with Gasteiger partial charge in [0.25, 0.3) is 0 Å². The maximum atomic E-state index is 12.2. The molecule has 1 amide bonds. The van der Waals surface area contributed by atoms with Gasteiger partial charge in [0.1, 0.15) is 16.9 Å². The van der Waals surface area contributed by atoms with Crippen LogP contribution in [0.25, 0.3) is 10.9 Å². The smallest absolute Gasteiger partial charge is 0.410 e. The average Bonchev–Trinajstić information content (AvgIpc) is 2.89. The molecule has 22 heavy (non-hydrogen) atoms. The van der Waals surface area contributed by atoms with Crippen LogP contribution in [0.1, 0.15) is 45.3 Å². The minimum Gasteiger partial charge on any atom is -0.444 e. The Morgan fingerprint density at radius 1 is 1.36 bits per heavy atom. The van der Waals surface area contributed by atoms with Gasteiger partial charge in [-0.05, 0) is 45.7 Å². The van der Waals surface area contributed by atoms with Gasteiger partial charge in [-0.3, -0.25) is 0 Å². The van der Waals surface area contributed by atoms with Crippen molar-refractivity contribution in [2.45, 2.75) is 45.1 Å². The van der Waals surface area contributed by atoms with Gasteiger partial charge in [0.2, 0.25) is 0 Å². The van der Waals surface area contributed by atoms with Gasteiger partial charge in [-0.1, -0.05) is 17.3 Å². The fraction of sp³-hybridized carbons (Fsp3) is 0.529. The highest BCUT2D eigenvalue weighted by Crippen LogP contribution is 2.32. The Balaban J connectivity index is 1.77. The topological polar surface area (TPSA) is 55.6 Å². The number of carbonyl (C=O) groups is 1. The van der Waals surface area contributed by atoms with Crippen molar-refractivity contribution in [1.82, 2.24) is 10.1 Å². The zero-order valence-corrected chi connectivity index (χ0v) is 13.3. The van der Waals surface area contributed by atoms with Crippen LogP contribution in [0.4, 0.5) is 4.79 Å². The predicted octanol–water partition coefficient (Wildman–Crippen LogP) is 3.94. The van der Waals surface area contributed by atoms with Crippen LogP contribution in [0, 0.1) is 0 Å². The normalized spacial score (nSPS) is 19.4. The van der Waals surface area contributed by atoms with E-state index >= 15 is 0 Å². The molecule has 5 nitrogen and oxygen atoms in total. The van der Waals surface area contributed by atoms with Crippen molar-refractivity contribution in [3.8, 4) is 0 Å². The van der Waals surface area contributed by atoms with Gasteiger partial charge in [0, 0.05) is 24.4 Å².